The van der Waals surface area contributed by atoms with Crippen LogP contribution in [0.1, 0.15) is 31.1 Å². The number of hydrogen-bond acceptors (Lipinski definition) is 4. The lowest BCUT2D eigenvalue weighted by Gasteiger charge is -2.20. The van der Waals surface area contributed by atoms with Crippen LogP contribution in [0.25, 0.3) is 0 Å². The maximum atomic E-state index is 11.6. The Labute approximate surface area is 105 Å². The van der Waals surface area contributed by atoms with Crippen molar-refractivity contribution in [3.8, 4) is 5.75 Å². The number of aromatic nitrogens is 1. The number of carbonyl (C=O) groups excluding carboxylic acids is 2. The van der Waals surface area contributed by atoms with Gasteiger partial charge in [0.1, 0.15) is 5.75 Å². The van der Waals surface area contributed by atoms with E-state index in [1.54, 1.807) is 0 Å². The molecule has 0 aliphatic rings. The third kappa shape index (κ3) is 4.82. The van der Waals surface area contributed by atoms with E-state index in [-0.39, 0.29) is 29.3 Å². The van der Waals surface area contributed by atoms with Gasteiger partial charge in [0.05, 0.1) is 18.3 Å². The molecule has 3 N–H and O–H groups in total. The van der Waals surface area contributed by atoms with Crippen LogP contribution in [0, 0.1) is 0 Å². The van der Waals surface area contributed by atoms with Crippen LogP contribution in [0.5, 0.6) is 5.75 Å². The molecule has 0 bridgehead atoms. The van der Waals surface area contributed by atoms with E-state index in [2.05, 4.69) is 15.6 Å². The van der Waals surface area contributed by atoms with E-state index in [0.717, 1.165) is 0 Å². The summed E-state index contributed by atoms with van der Waals surface area (Å²) in [5, 5.41) is 14.3. The van der Waals surface area contributed by atoms with E-state index >= 15 is 0 Å². The Morgan fingerprint density at radius 2 is 2.00 bits per heavy atom. The Kier molecular flexibility index (Phi) is 4.25. The molecule has 0 saturated carbocycles. The van der Waals surface area contributed by atoms with Crippen LogP contribution in [0.2, 0.25) is 0 Å². The fraction of sp³-hybridized carbons (Fsp3) is 0.417. The van der Waals surface area contributed by atoms with E-state index in [1.165, 1.54) is 18.5 Å². The van der Waals surface area contributed by atoms with Gasteiger partial charge in [-0.2, -0.15) is 0 Å². The van der Waals surface area contributed by atoms with E-state index in [9.17, 15) is 14.7 Å². The molecule has 6 nitrogen and oxygen atoms in total. The van der Waals surface area contributed by atoms with Gasteiger partial charge in [0.15, 0.2) is 0 Å². The normalized spacial score (nSPS) is 10.8. The second-order valence-electron chi connectivity index (χ2n) is 4.91. The van der Waals surface area contributed by atoms with Crippen LogP contribution in [0.15, 0.2) is 18.5 Å². The van der Waals surface area contributed by atoms with Crippen LogP contribution in [-0.2, 0) is 4.79 Å². The molecule has 0 atom stereocenters. The zero-order valence-electron chi connectivity index (χ0n) is 10.7. The first-order valence-electron chi connectivity index (χ1n) is 5.51. The fourth-order valence-corrected chi connectivity index (χ4v) is 1.28. The highest BCUT2D eigenvalue weighted by Gasteiger charge is 2.14. The summed E-state index contributed by atoms with van der Waals surface area (Å²) in [6.07, 6.45) is 2.54. The van der Waals surface area contributed by atoms with E-state index in [4.69, 9.17) is 0 Å². The summed E-state index contributed by atoms with van der Waals surface area (Å²) < 4.78 is 0. The van der Waals surface area contributed by atoms with Crippen molar-refractivity contribution in [3.05, 3.63) is 24.0 Å². The average molecular weight is 251 g/mol. The van der Waals surface area contributed by atoms with Gasteiger partial charge in [-0.05, 0) is 26.8 Å². The molecule has 1 heterocycles. The van der Waals surface area contributed by atoms with Crippen LogP contribution in [-0.4, -0.2) is 34.0 Å². The Bertz CT molecular complexity index is 452. The first kappa shape index (κ1) is 14.0. The van der Waals surface area contributed by atoms with Crippen LogP contribution >= 0.6 is 0 Å². The standard InChI is InChI=1S/C12H17N3O3/c1-12(2,3)15-10(17)7-14-11(18)8-4-9(16)6-13-5-8/h4-6,16H,7H2,1-3H3,(H,14,18)(H,15,17). The number of hydrogen-bond donors (Lipinski definition) is 3. The lowest BCUT2D eigenvalue weighted by molar-refractivity contribution is -0.121. The number of aromatic hydroxyl groups is 1. The highest BCUT2D eigenvalue weighted by atomic mass is 16.3. The summed E-state index contributed by atoms with van der Waals surface area (Å²) >= 11 is 0. The molecule has 6 heteroatoms. The summed E-state index contributed by atoms with van der Waals surface area (Å²) in [4.78, 5) is 26.8. The van der Waals surface area contributed by atoms with Gasteiger partial charge in [0.2, 0.25) is 5.91 Å². The number of nitrogens with zero attached hydrogens (tertiary/aromatic N) is 1. The van der Waals surface area contributed by atoms with Crippen molar-refractivity contribution in [1.82, 2.24) is 15.6 Å². The Balaban J connectivity index is 2.49. The summed E-state index contributed by atoms with van der Waals surface area (Å²) in [7, 11) is 0. The molecule has 0 unspecified atom stereocenters. The maximum absolute atomic E-state index is 11.6. The van der Waals surface area contributed by atoms with Crippen molar-refractivity contribution in [3.63, 3.8) is 0 Å². The van der Waals surface area contributed by atoms with Gasteiger partial charge in [-0.15, -0.1) is 0 Å². The second-order valence-corrected chi connectivity index (χ2v) is 4.91. The Hall–Kier alpha value is -2.11. The van der Waals surface area contributed by atoms with Gasteiger partial charge in [-0.1, -0.05) is 0 Å². The highest BCUT2D eigenvalue weighted by molar-refractivity contribution is 5.96. The smallest absolute Gasteiger partial charge is 0.253 e. The lowest BCUT2D eigenvalue weighted by Crippen LogP contribution is -2.45. The van der Waals surface area contributed by atoms with Gasteiger partial charge >= 0.3 is 0 Å². The number of nitrogens with one attached hydrogen (secondary N) is 2. The van der Waals surface area contributed by atoms with Gasteiger partial charge in [-0.3, -0.25) is 14.6 Å². The van der Waals surface area contributed by atoms with E-state index < -0.39 is 5.91 Å². The number of rotatable bonds is 3. The largest absolute Gasteiger partial charge is 0.506 e. The SMILES string of the molecule is CC(C)(C)NC(=O)CNC(=O)c1cncc(O)c1. The number of pyridine rings is 1. The third-order valence-corrected chi connectivity index (χ3v) is 1.91. The van der Waals surface area contributed by atoms with Gasteiger partial charge in [-0.25, -0.2) is 0 Å². The van der Waals surface area contributed by atoms with Crippen LogP contribution < -0.4 is 10.6 Å². The molecule has 0 saturated heterocycles. The molecule has 18 heavy (non-hydrogen) atoms. The first-order valence-corrected chi connectivity index (χ1v) is 5.51. The van der Waals surface area contributed by atoms with Gasteiger partial charge in [0, 0.05) is 11.7 Å². The van der Waals surface area contributed by atoms with Crippen molar-refractivity contribution in [2.24, 2.45) is 0 Å². The molecule has 1 rings (SSSR count). The van der Waals surface area contributed by atoms with Crippen molar-refractivity contribution in [1.29, 1.82) is 0 Å². The number of carbonyl (C=O) groups is 2. The van der Waals surface area contributed by atoms with Crippen molar-refractivity contribution in [2.75, 3.05) is 6.54 Å². The first-order chi connectivity index (χ1) is 8.28. The van der Waals surface area contributed by atoms with Gasteiger partial charge < -0.3 is 15.7 Å². The zero-order valence-corrected chi connectivity index (χ0v) is 10.7. The minimum absolute atomic E-state index is 0.0956. The molecular formula is C12H17N3O3. The minimum Gasteiger partial charge on any atom is -0.506 e. The van der Waals surface area contributed by atoms with Crippen molar-refractivity contribution in [2.45, 2.75) is 26.3 Å². The average Bonchev–Trinajstić information content (AvgIpc) is 2.23. The predicted molar refractivity (Wildman–Crippen MR) is 66.1 cm³/mol. The Morgan fingerprint density at radius 3 is 2.56 bits per heavy atom. The number of amides is 2. The summed E-state index contributed by atoms with van der Waals surface area (Å²) in [6, 6.07) is 1.28. The molecule has 2 amide bonds. The molecular weight excluding hydrogens is 234 g/mol. The predicted octanol–water partition coefficient (Wildman–Crippen LogP) is 0.432. The van der Waals surface area contributed by atoms with Gasteiger partial charge in [0.25, 0.3) is 5.91 Å². The highest BCUT2D eigenvalue weighted by Crippen LogP contribution is 2.07. The molecule has 0 aliphatic carbocycles. The zero-order chi connectivity index (χ0) is 13.8. The molecule has 1 aromatic heterocycles. The Morgan fingerprint density at radius 1 is 1.33 bits per heavy atom. The maximum Gasteiger partial charge on any atom is 0.253 e. The molecule has 98 valence electrons. The van der Waals surface area contributed by atoms with Crippen molar-refractivity contribution >= 4 is 11.8 Å². The molecule has 0 fully saturated rings. The topological polar surface area (TPSA) is 91.3 Å². The molecule has 1 aromatic rings. The molecule has 0 aliphatic heterocycles. The second kappa shape index (κ2) is 5.48. The molecule has 0 spiro atoms. The summed E-state index contributed by atoms with van der Waals surface area (Å²) in [5.41, 5.74) is -0.132. The lowest BCUT2D eigenvalue weighted by atomic mass is 10.1. The fourth-order valence-electron chi connectivity index (χ4n) is 1.28. The van der Waals surface area contributed by atoms with Crippen molar-refractivity contribution < 1.29 is 14.7 Å². The van der Waals surface area contributed by atoms with E-state index in [0.29, 0.717) is 0 Å². The van der Waals surface area contributed by atoms with Crippen LogP contribution in [0.3, 0.4) is 0 Å². The summed E-state index contributed by atoms with van der Waals surface area (Å²) in [5.74, 6) is -0.826. The monoisotopic (exact) mass is 251 g/mol. The minimum atomic E-state index is -0.456. The third-order valence-electron chi connectivity index (χ3n) is 1.91. The summed E-state index contributed by atoms with van der Waals surface area (Å²) in [6.45, 7) is 5.44. The quantitative estimate of drug-likeness (QED) is 0.726. The molecule has 0 aromatic carbocycles. The van der Waals surface area contributed by atoms with E-state index in [1.807, 2.05) is 20.8 Å². The van der Waals surface area contributed by atoms with Crippen LogP contribution in [0.4, 0.5) is 0 Å². The molecule has 0 radical (unpaired) electrons.